The molecule has 0 radical (unpaired) electrons. The van der Waals surface area contributed by atoms with Crippen LogP contribution < -0.4 is 10.5 Å². The number of hydrogen-bond donors (Lipinski definition) is 1. The summed E-state index contributed by atoms with van der Waals surface area (Å²) < 4.78 is 19.2. The zero-order chi connectivity index (χ0) is 13.5. The standard InChI is InChI=1S/C14H23FN2O/c1-4-17(5-2)8-9-18-12-6-7-13(11(3)16)14(15)10-12/h6-7,10-11H,4-5,8-9,16H2,1-3H3/t11-/m1/s1. The molecule has 0 saturated heterocycles. The lowest BCUT2D eigenvalue weighted by Gasteiger charge is -2.18. The second kappa shape index (κ2) is 7.34. The molecule has 1 aromatic rings. The van der Waals surface area contributed by atoms with Crippen LogP contribution in [0.3, 0.4) is 0 Å². The number of halogens is 1. The molecule has 102 valence electrons. The summed E-state index contributed by atoms with van der Waals surface area (Å²) in [6, 6.07) is 4.56. The van der Waals surface area contributed by atoms with Crippen molar-refractivity contribution in [2.45, 2.75) is 26.8 Å². The van der Waals surface area contributed by atoms with E-state index in [1.165, 1.54) is 6.07 Å². The fourth-order valence-electron chi connectivity index (χ4n) is 1.80. The molecule has 2 N–H and O–H groups in total. The molecular weight excluding hydrogens is 231 g/mol. The highest BCUT2D eigenvalue weighted by molar-refractivity contribution is 5.30. The van der Waals surface area contributed by atoms with Crippen molar-refractivity contribution in [3.8, 4) is 5.75 Å². The molecule has 0 saturated carbocycles. The lowest BCUT2D eigenvalue weighted by molar-refractivity contribution is 0.222. The van der Waals surface area contributed by atoms with Crippen LogP contribution in [0.5, 0.6) is 5.75 Å². The minimum atomic E-state index is -0.301. The Balaban J connectivity index is 2.51. The van der Waals surface area contributed by atoms with Crippen LogP contribution in [0.2, 0.25) is 0 Å². The molecular formula is C14H23FN2O. The molecule has 0 aromatic heterocycles. The molecule has 0 amide bonds. The Kier molecular flexibility index (Phi) is 6.09. The second-order valence-electron chi connectivity index (χ2n) is 4.35. The first-order valence-corrected chi connectivity index (χ1v) is 6.48. The maximum absolute atomic E-state index is 13.6. The largest absolute Gasteiger partial charge is 0.492 e. The van der Waals surface area contributed by atoms with Crippen LogP contribution in [-0.2, 0) is 0 Å². The SMILES string of the molecule is CCN(CC)CCOc1ccc([C@@H](C)N)c(F)c1. The van der Waals surface area contributed by atoms with E-state index >= 15 is 0 Å². The van der Waals surface area contributed by atoms with Gasteiger partial charge in [-0.1, -0.05) is 19.9 Å². The molecule has 1 atom stereocenters. The zero-order valence-corrected chi connectivity index (χ0v) is 11.4. The Hall–Kier alpha value is -1.13. The van der Waals surface area contributed by atoms with E-state index in [-0.39, 0.29) is 11.9 Å². The summed E-state index contributed by atoms with van der Waals surface area (Å²) in [5.41, 5.74) is 6.17. The normalized spacial score (nSPS) is 12.8. The number of nitrogens with zero attached hydrogens (tertiary/aromatic N) is 1. The third-order valence-corrected chi connectivity index (χ3v) is 3.03. The van der Waals surface area contributed by atoms with E-state index in [0.717, 1.165) is 19.6 Å². The number of likely N-dealkylation sites (N-methyl/N-ethyl adjacent to an activating group) is 1. The van der Waals surface area contributed by atoms with Crippen molar-refractivity contribution in [2.24, 2.45) is 5.73 Å². The summed E-state index contributed by atoms with van der Waals surface area (Å²) in [5, 5.41) is 0. The summed E-state index contributed by atoms with van der Waals surface area (Å²) in [6.07, 6.45) is 0. The number of rotatable bonds is 7. The monoisotopic (exact) mass is 254 g/mol. The van der Waals surface area contributed by atoms with Gasteiger partial charge in [0.2, 0.25) is 0 Å². The number of ether oxygens (including phenoxy) is 1. The first-order chi connectivity index (χ1) is 8.58. The Labute approximate surface area is 109 Å². The molecule has 0 bridgehead atoms. The minimum Gasteiger partial charge on any atom is -0.492 e. The summed E-state index contributed by atoms with van der Waals surface area (Å²) in [7, 11) is 0. The van der Waals surface area contributed by atoms with Gasteiger partial charge in [0, 0.05) is 24.2 Å². The summed E-state index contributed by atoms with van der Waals surface area (Å²) in [6.45, 7) is 9.40. The summed E-state index contributed by atoms with van der Waals surface area (Å²) >= 11 is 0. The number of benzene rings is 1. The molecule has 1 aromatic carbocycles. The first kappa shape index (κ1) is 14.9. The predicted molar refractivity (Wildman–Crippen MR) is 72.3 cm³/mol. The summed E-state index contributed by atoms with van der Waals surface area (Å²) in [4.78, 5) is 2.26. The van der Waals surface area contributed by atoms with Crippen molar-refractivity contribution in [3.05, 3.63) is 29.6 Å². The van der Waals surface area contributed by atoms with Crippen molar-refractivity contribution < 1.29 is 9.13 Å². The van der Waals surface area contributed by atoms with Crippen molar-refractivity contribution >= 4 is 0 Å². The van der Waals surface area contributed by atoms with Gasteiger partial charge >= 0.3 is 0 Å². The number of hydrogen-bond acceptors (Lipinski definition) is 3. The molecule has 1 rings (SSSR count). The maximum Gasteiger partial charge on any atom is 0.131 e. The van der Waals surface area contributed by atoms with Gasteiger partial charge in [0.1, 0.15) is 18.2 Å². The fraction of sp³-hybridized carbons (Fsp3) is 0.571. The fourth-order valence-corrected chi connectivity index (χ4v) is 1.80. The smallest absolute Gasteiger partial charge is 0.131 e. The van der Waals surface area contributed by atoms with Crippen molar-refractivity contribution in [1.82, 2.24) is 4.90 Å². The molecule has 0 aliphatic carbocycles. The predicted octanol–water partition coefficient (Wildman–Crippen LogP) is 2.57. The van der Waals surface area contributed by atoms with E-state index < -0.39 is 0 Å². The lowest BCUT2D eigenvalue weighted by atomic mass is 10.1. The van der Waals surface area contributed by atoms with Gasteiger partial charge in [-0.05, 0) is 26.1 Å². The highest BCUT2D eigenvalue weighted by atomic mass is 19.1. The third-order valence-electron chi connectivity index (χ3n) is 3.03. The van der Waals surface area contributed by atoms with Gasteiger partial charge < -0.3 is 15.4 Å². The maximum atomic E-state index is 13.6. The van der Waals surface area contributed by atoms with Gasteiger partial charge in [0.25, 0.3) is 0 Å². The summed E-state index contributed by atoms with van der Waals surface area (Å²) in [5.74, 6) is 0.259. The average Bonchev–Trinajstić information content (AvgIpc) is 2.34. The zero-order valence-electron chi connectivity index (χ0n) is 11.4. The van der Waals surface area contributed by atoms with Crippen LogP contribution in [0, 0.1) is 5.82 Å². The molecule has 0 unspecified atom stereocenters. The quantitative estimate of drug-likeness (QED) is 0.812. The Morgan fingerprint density at radius 1 is 1.33 bits per heavy atom. The van der Waals surface area contributed by atoms with E-state index in [4.69, 9.17) is 10.5 Å². The molecule has 0 fully saturated rings. The van der Waals surface area contributed by atoms with E-state index in [2.05, 4.69) is 18.7 Å². The van der Waals surface area contributed by atoms with Crippen LogP contribution in [0.25, 0.3) is 0 Å². The van der Waals surface area contributed by atoms with E-state index in [1.807, 2.05) is 0 Å². The highest BCUT2D eigenvalue weighted by Crippen LogP contribution is 2.20. The van der Waals surface area contributed by atoms with E-state index in [1.54, 1.807) is 19.1 Å². The molecule has 4 heteroatoms. The molecule has 18 heavy (non-hydrogen) atoms. The van der Waals surface area contributed by atoms with E-state index in [0.29, 0.717) is 17.9 Å². The van der Waals surface area contributed by atoms with Gasteiger partial charge in [-0.15, -0.1) is 0 Å². The lowest BCUT2D eigenvalue weighted by Crippen LogP contribution is -2.27. The Morgan fingerprint density at radius 2 is 2.00 bits per heavy atom. The van der Waals surface area contributed by atoms with Gasteiger partial charge in [0.15, 0.2) is 0 Å². The third kappa shape index (κ3) is 4.27. The van der Waals surface area contributed by atoms with Crippen LogP contribution >= 0.6 is 0 Å². The van der Waals surface area contributed by atoms with Gasteiger partial charge in [-0.2, -0.15) is 0 Å². The van der Waals surface area contributed by atoms with Gasteiger partial charge in [0.05, 0.1) is 0 Å². The van der Waals surface area contributed by atoms with Crippen LogP contribution in [0.1, 0.15) is 32.4 Å². The Bertz CT molecular complexity index is 365. The van der Waals surface area contributed by atoms with Gasteiger partial charge in [-0.3, -0.25) is 0 Å². The molecule has 0 aliphatic heterocycles. The van der Waals surface area contributed by atoms with Crippen molar-refractivity contribution in [3.63, 3.8) is 0 Å². The second-order valence-corrected chi connectivity index (χ2v) is 4.35. The van der Waals surface area contributed by atoms with Crippen molar-refractivity contribution in [1.29, 1.82) is 0 Å². The average molecular weight is 254 g/mol. The van der Waals surface area contributed by atoms with Gasteiger partial charge in [-0.25, -0.2) is 4.39 Å². The van der Waals surface area contributed by atoms with Crippen LogP contribution in [-0.4, -0.2) is 31.1 Å². The topological polar surface area (TPSA) is 38.5 Å². The molecule has 0 aliphatic rings. The highest BCUT2D eigenvalue weighted by Gasteiger charge is 2.08. The van der Waals surface area contributed by atoms with Crippen LogP contribution in [0.15, 0.2) is 18.2 Å². The van der Waals surface area contributed by atoms with Crippen LogP contribution in [0.4, 0.5) is 4.39 Å². The Morgan fingerprint density at radius 3 is 2.50 bits per heavy atom. The first-order valence-electron chi connectivity index (χ1n) is 6.48. The molecule has 0 heterocycles. The van der Waals surface area contributed by atoms with E-state index in [9.17, 15) is 4.39 Å². The molecule has 0 spiro atoms. The molecule has 3 nitrogen and oxygen atoms in total. The number of nitrogens with two attached hydrogens (primary N) is 1. The van der Waals surface area contributed by atoms with Crippen molar-refractivity contribution in [2.75, 3.05) is 26.2 Å². The minimum absolute atomic E-state index is 0.297.